The molecule has 0 amide bonds. The molecule has 5 rings (SSSR count). The smallest absolute Gasteiger partial charge is 0.111 e. The molecule has 1 fully saturated rings. The third-order valence-electron chi connectivity index (χ3n) is 6.02. The lowest BCUT2D eigenvalue weighted by atomic mass is 9.89. The van der Waals surface area contributed by atoms with Crippen molar-refractivity contribution in [2.45, 2.75) is 25.2 Å². The van der Waals surface area contributed by atoms with Crippen LogP contribution in [0.4, 0.5) is 11.4 Å². The molecule has 0 saturated carbocycles. The molecule has 3 aromatic rings. The molecule has 0 atom stereocenters. The molecule has 2 aliphatic rings. The number of amidine groups is 1. The van der Waals surface area contributed by atoms with Crippen molar-refractivity contribution in [2.24, 2.45) is 9.98 Å². The number of nitrogens with zero attached hydrogens (tertiary/aromatic N) is 3. The highest BCUT2D eigenvalue weighted by molar-refractivity contribution is 6.30. The highest BCUT2D eigenvalue weighted by atomic mass is 35.5. The number of aliphatic imine (C=N–C) groups is 2. The highest BCUT2D eigenvalue weighted by Crippen LogP contribution is 2.34. The van der Waals surface area contributed by atoms with Gasteiger partial charge in [-0.3, -0.25) is 4.99 Å². The van der Waals surface area contributed by atoms with Crippen LogP contribution in [0.2, 0.25) is 5.02 Å². The largest absolute Gasteiger partial charge is 0.360 e. The van der Waals surface area contributed by atoms with E-state index in [2.05, 4.69) is 53.4 Å². The topological polar surface area (TPSA) is 28.0 Å². The molecule has 3 nitrogen and oxygen atoms in total. The Kier molecular flexibility index (Phi) is 5.37. The van der Waals surface area contributed by atoms with Gasteiger partial charge in [0.1, 0.15) is 5.84 Å². The molecule has 2 aliphatic heterocycles. The van der Waals surface area contributed by atoms with E-state index in [1.54, 1.807) is 0 Å². The Labute approximate surface area is 182 Å². The summed E-state index contributed by atoms with van der Waals surface area (Å²) in [5, 5.41) is 0.801. The summed E-state index contributed by atoms with van der Waals surface area (Å²) in [6.07, 6.45) is 3.00. The third kappa shape index (κ3) is 4.03. The zero-order valence-electron chi connectivity index (χ0n) is 16.8. The molecule has 0 unspecified atom stereocenters. The SMILES string of the molecule is Clc1ccc(C2CCN(C3=Nc4ccccc4N=C(c4ccccc4)C3)CC2)cc1. The molecule has 0 aliphatic carbocycles. The van der Waals surface area contributed by atoms with Crippen LogP contribution in [0.1, 0.15) is 36.3 Å². The maximum absolute atomic E-state index is 6.06. The van der Waals surface area contributed by atoms with E-state index in [9.17, 15) is 0 Å². The van der Waals surface area contributed by atoms with Crippen molar-refractivity contribution in [1.82, 2.24) is 4.90 Å². The average Bonchev–Trinajstić information content (AvgIpc) is 3.00. The summed E-state index contributed by atoms with van der Waals surface area (Å²) in [5.74, 6) is 1.71. The van der Waals surface area contributed by atoms with E-state index in [1.165, 1.54) is 5.56 Å². The van der Waals surface area contributed by atoms with Gasteiger partial charge in [-0.2, -0.15) is 0 Å². The van der Waals surface area contributed by atoms with Crippen LogP contribution in [0.15, 0.2) is 88.8 Å². The Morgan fingerprint density at radius 3 is 2.07 bits per heavy atom. The normalized spacial score (nSPS) is 17.0. The van der Waals surface area contributed by atoms with Gasteiger partial charge >= 0.3 is 0 Å². The minimum Gasteiger partial charge on any atom is -0.360 e. The van der Waals surface area contributed by atoms with E-state index in [0.29, 0.717) is 5.92 Å². The van der Waals surface area contributed by atoms with E-state index in [-0.39, 0.29) is 0 Å². The van der Waals surface area contributed by atoms with E-state index >= 15 is 0 Å². The first kappa shape index (κ1) is 19.1. The third-order valence-corrected chi connectivity index (χ3v) is 6.27. The minimum atomic E-state index is 0.583. The molecular weight excluding hydrogens is 390 g/mol. The van der Waals surface area contributed by atoms with Crippen molar-refractivity contribution in [2.75, 3.05) is 13.1 Å². The molecule has 150 valence electrons. The van der Waals surface area contributed by atoms with Crippen molar-refractivity contribution in [3.05, 3.63) is 95.0 Å². The first-order valence-corrected chi connectivity index (χ1v) is 10.9. The molecule has 2 heterocycles. The second kappa shape index (κ2) is 8.45. The van der Waals surface area contributed by atoms with Crippen LogP contribution in [0.5, 0.6) is 0 Å². The molecule has 0 spiro atoms. The quantitative estimate of drug-likeness (QED) is 0.455. The maximum atomic E-state index is 6.06. The first-order valence-electron chi connectivity index (χ1n) is 10.6. The molecule has 0 N–H and O–H groups in total. The second-order valence-electron chi connectivity index (χ2n) is 7.93. The number of halogens is 1. The number of hydrogen-bond donors (Lipinski definition) is 0. The van der Waals surface area contributed by atoms with Gasteiger partial charge in [-0.1, -0.05) is 66.2 Å². The van der Waals surface area contributed by atoms with Crippen molar-refractivity contribution in [1.29, 1.82) is 0 Å². The lowest BCUT2D eigenvalue weighted by molar-refractivity contribution is 0.310. The van der Waals surface area contributed by atoms with E-state index in [1.807, 2.05) is 30.3 Å². The Morgan fingerprint density at radius 2 is 1.37 bits per heavy atom. The number of fused-ring (bicyclic) bond motifs is 1. The van der Waals surface area contributed by atoms with Crippen molar-refractivity contribution >= 4 is 34.5 Å². The fraction of sp³-hybridized carbons (Fsp3) is 0.231. The summed E-state index contributed by atoms with van der Waals surface area (Å²) >= 11 is 6.06. The fourth-order valence-electron chi connectivity index (χ4n) is 4.35. The predicted molar refractivity (Wildman–Crippen MR) is 126 cm³/mol. The summed E-state index contributed by atoms with van der Waals surface area (Å²) in [7, 11) is 0. The number of rotatable bonds is 2. The van der Waals surface area contributed by atoms with Gasteiger partial charge in [-0.05, 0) is 54.2 Å². The molecule has 0 radical (unpaired) electrons. The van der Waals surface area contributed by atoms with Gasteiger partial charge < -0.3 is 4.90 Å². The average molecular weight is 414 g/mol. The molecule has 3 aromatic carbocycles. The summed E-state index contributed by atoms with van der Waals surface area (Å²) in [6, 6.07) is 27.0. The van der Waals surface area contributed by atoms with Crippen LogP contribution in [-0.4, -0.2) is 29.5 Å². The van der Waals surface area contributed by atoms with Crippen LogP contribution >= 0.6 is 11.6 Å². The Balaban J connectivity index is 1.40. The molecule has 30 heavy (non-hydrogen) atoms. The van der Waals surface area contributed by atoms with Crippen molar-refractivity contribution < 1.29 is 0 Å². The Hall–Kier alpha value is -2.91. The number of piperidine rings is 1. The standard InChI is InChI=1S/C26H24ClN3/c27-22-12-10-19(11-13-22)20-14-16-30(17-15-20)26-18-25(21-6-2-1-3-7-21)28-23-8-4-5-9-24(23)29-26/h1-13,20H,14-18H2. The van der Waals surface area contributed by atoms with Gasteiger partial charge in [0.15, 0.2) is 0 Å². The molecular formula is C26H24ClN3. The first-order chi connectivity index (χ1) is 14.8. The molecule has 1 saturated heterocycles. The highest BCUT2D eigenvalue weighted by Gasteiger charge is 2.25. The zero-order chi connectivity index (χ0) is 20.3. The predicted octanol–water partition coefficient (Wildman–Crippen LogP) is 6.77. The minimum absolute atomic E-state index is 0.583. The maximum Gasteiger partial charge on any atom is 0.111 e. The van der Waals surface area contributed by atoms with E-state index in [4.69, 9.17) is 21.6 Å². The van der Waals surface area contributed by atoms with E-state index in [0.717, 1.165) is 65.9 Å². The van der Waals surface area contributed by atoms with Crippen LogP contribution in [0, 0.1) is 0 Å². The zero-order valence-corrected chi connectivity index (χ0v) is 17.6. The van der Waals surface area contributed by atoms with E-state index < -0.39 is 0 Å². The fourth-order valence-corrected chi connectivity index (χ4v) is 4.48. The summed E-state index contributed by atoms with van der Waals surface area (Å²) in [5.41, 5.74) is 5.54. The van der Waals surface area contributed by atoms with Gasteiger partial charge in [0.25, 0.3) is 0 Å². The molecule has 0 aromatic heterocycles. The number of likely N-dealkylation sites (tertiary alicyclic amines) is 1. The number of hydrogen-bond acceptors (Lipinski definition) is 3. The monoisotopic (exact) mass is 413 g/mol. The number of benzene rings is 3. The second-order valence-corrected chi connectivity index (χ2v) is 8.37. The lowest BCUT2D eigenvalue weighted by Crippen LogP contribution is -2.38. The number of para-hydroxylation sites is 2. The van der Waals surface area contributed by atoms with Crippen LogP contribution < -0.4 is 0 Å². The van der Waals surface area contributed by atoms with Gasteiger partial charge in [0.2, 0.25) is 0 Å². The summed E-state index contributed by atoms with van der Waals surface area (Å²) in [4.78, 5) is 12.5. The van der Waals surface area contributed by atoms with Gasteiger partial charge in [0, 0.05) is 24.5 Å². The Bertz CT molecular complexity index is 1080. The molecule has 0 bridgehead atoms. The summed E-state index contributed by atoms with van der Waals surface area (Å²) < 4.78 is 0. The van der Waals surface area contributed by atoms with Gasteiger partial charge in [0.05, 0.1) is 17.1 Å². The molecule has 4 heteroatoms. The van der Waals surface area contributed by atoms with Gasteiger partial charge in [-0.25, -0.2) is 4.99 Å². The Morgan fingerprint density at radius 1 is 0.733 bits per heavy atom. The van der Waals surface area contributed by atoms with Crippen molar-refractivity contribution in [3.8, 4) is 0 Å². The van der Waals surface area contributed by atoms with Crippen molar-refractivity contribution in [3.63, 3.8) is 0 Å². The lowest BCUT2D eigenvalue weighted by Gasteiger charge is -2.34. The van der Waals surface area contributed by atoms with Crippen LogP contribution in [0.3, 0.4) is 0 Å². The summed E-state index contributed by atoms with van der Waals surface area (Å²) in [6.45, 7) is 2.02. The van der Waals surface area contributed by atoms with Crippen LogP contribution in [-0.2, 0) is 0 Å². The van der Waals surface area contributed by atoms with Crippen LogP contribution in [0.25, 0.3) is 0 Å². The van der Waals surface area contributed by atoms with Gasteiger partial charge in [-0.15, -0.1) is 0 Å².